The molecule has 1 saturated heterocycles. The fourth-order valence-electron chi connectivity index (χ4n) is 4.33. The molecule has 0 bridgehead atoms. The first-order valence-electron chi connectivity index (χ1n) is 10.3. The maximum atomic E-state index is 13.3. The molecule has 3 heterocycles. The molecule has 0 spiro atoms. The van der Waals surface area contributed by atoms with Gasteiger partial charge in [0.15, 0.2) is 6.10 Å². The number of fused-ring (bicyclic) bond motifs is 2. The second-order valence-electron chi connectivity index (χ2n) is 7.73. The number of thiophene rings is 1. The number of carbonyl (C=O) groups excluding carboxylic acids is 2. The molecule has 1 unspecified atom stereocenters. The van der Waals surface area contributed by atoms with Crippen LogP contribution in [0.4, 0.5) is 5.00 Å². The summed E-state index contributed by atoms with van der Waals surface area (Å²) in [5.74, 6) is 0.595. The Bertz CT molecular complexity index is 923. The molecule has 5 rings (SSSR count). The summed E-state index contributed by atoms with van der Waals surface area (Å²) in [5.41, 5.74) is 2.86. The number of amides is 2. The van der Waals surface area contributed by atoms with Crippen LogP contribution in [0.3, 0.4) is 0 Å². The molecule has 2 aromatic rings. The lowest BCUT2D eigenvalue weighted by Gasteiger charge is -2.27. The van der Waals surface area contributed by atoms with Crippen molar-refractivity contribution in [3.63, 3.8) is 0 Å². The molecule has 1 N–H and O–H groups in total. The molecule has 1 fully saturated rings. The van der Waals surface area contributed by atoms with E-state index in [4.69, 9.17) is 9.47 Å². The van der Waals surface area contributed by atoms with Crippen molar-refractivity contribution in [3.8, 4) is 5.75 Å². The van der Waals surface area contributed by atoms with Gasteiger partial charge in [0.05, 0.1) is 18.8 Å². The molecular formula is C22H24N2O4S. The zero-order valence-corrected chi connectivity index (χ0v) is 17.1. The third-order valence-corrected chi connectivity index (χ3v) is 7.07. The maximum Gasteiger partial charge on any atom is 0.266 e. The van der Waals surface area contributed by atoms with Crippen LogP contribution in [0, 0.1) is 0 Å². The first-order valence-corrected chi connectivity index (χ1v) is 11.1. The number of hydrogen-bond donors (Lipinski definition) is 1. The Labute approximate surface area is 173 Å². The first-order chi connectivity index (χ1) is 14.2. The standard InChI is InChI=1S/C22H24N2O4S/c25-20(17-13-14-5-1-3-7-16(14)28-17)23-21-19(15-6-2-4-8-18(15)29-21)22(26)24-9-11-27-12-10-24/h1,3,5,7,17H,2,4,6,8-13H2,(H,23,25). The highest BCUT2D eigenvalue weighted by Crippen LogP contribution is 2.39. The largest absolute Gasteiger partial charge is 0.480 e. The minimum Gasteiger partial charge on any atom is -0.480 e. The van der Waals surface area contributed by atoms with Crippen LogP contribution in [0.2, 0.25) is 0 Å². The van der Waals surface area contributed by atoms with Gasteiger partial charge in [-0.1, -0.05) is 18.2 Å². The van der Waals surface area contributed by atoms with Gasteiger partial charge in [-0.3, -0.25) is 9.59 Å². The Morgan fingerprint density at radius 3 is 2.72 bits per heavy atom. The van der Waals surface area contributed by atoms with E-state index in [2.05, 4.69) is 5.32 Å². The number of nitrogens with zero attached hydrogens (tertiary/aromatic N) is 1. The van der Waals surface area contributed by atoms with E-state index in [9.17, 15) is 9.59 Å². The van der Waals surface area contributed by atoms with Crippen LogP contribution >= 0.6 is 11.3 Å². The lowest BCUT2D eigenvalue weighted by Crippen LogP contribution is -2.41. The van der Waals surface area contributed by atoms with E-state index in [1.54, 1.807) is 11.3 Å². The molecule has 0 saturated carbocycles. The third-order valence-electron chi connectivity index (χ3n) is 5.86. The van der Waals surface area contributed by atoms with Crippen molar-refractivity contribution in [2.75, 3.05) is 31.6 Å². The van der Waals surface area contributed by atoms with Crippen LogP contribution in [0.5, 0.6) is 5.75 Å². The van der Waals surface area contributed by atoms with Gasteiger partial charge in [0.25, 0.3) is 11.8 Å². The highest BCUT2D eigenvalue weighted by molar-refractivity contribution is 7.17. The molecule has 3 aliphatic rings. The lowest BCUT2D eigenvalue weighted by atomic mass is 9.95. The Morgan fingerprint density at radius 2 is 1.90 bits per heavy atom. The zero-order chi connectivity index (χ0) is 19.8. The van der Waals surface area contributed by atoms with E-state index in [-0.39, 0.29) is 11.8 Å². The molecule has 1 aliphatic carbocycles. The van der Waals surface area contributed by atoms with Crippen molar-refractivity contribution < 1.29 is 19.1 Å². The number of carbonyl (C=O) groups is 2. The van der Waals surface area contributed by atoms with Gasteiger partial charge in [0, 0.05) is 24.4 Å². The van der Waals surface area contributed by atoms with Gasteiger partial charge >= 0.3 is 0 Å². The molecule has 1 atom stereocenters. The van der Waals surface area contributed by atoms with Crippen molar-refractivity contribution in [1.82, 2.24) is 4.90 Å². The zero-order valence-electron chi connectivity index (χ0n) is 16.2. The number of rotatable bonds is 3. The minimum atomic E-state index is -0.558. The lowest BCUT2D eigenvalue weighted by molar-refractivity contribution is -0.122. The SMILES string of the molecule is O=C(Nc1sc2c(c1C(=O)N1CCOCC1)CCCC2)C1Cc2ccccc2O1. The summed E-state index contributed by atoms with van der Waals surface area (Å²) in [4.78, 5) is 29.4. The van der Waals surface area contributed by atoms with E-state index in [0.717, 1.165) is 42.6 Å². The number of morpholine rings is 1. The van der Waals surface area contributed by atoms with Gasteiger partial charge in [-0.15, -0.1) is 11.3 Å². The number of ether oxygens (including phenoxy) is 2. The Hall–Kier alpha value is -2.38. The van der Waals surface area contributed by atoms with Gasteiger partial charge in [-0.2, -0.15) is 0 Å². The normalized spacial score (nSPS) is 20.6. The van der Waals surface area contributed by atoms with Crippen LogP contribution in [-0.4, -0.2) is 49.1 Å². The molecule has 1 aromatic carbocycles. The van der Waals surface area contributed by atoms with E-state index >= 15 is 0 Å². The smallest absolute Gasteiger partial charge is 0.266 e. The molecule has 2 amide bonds. The molecule has 152 valence electrons. The van der Waals surface area contributed by atoms with Gasteiger partial charge < -0.3 is 19.7 Å². The van der Waals surface area contributed by atoms with E-state index in [0.29, 0.717) is 43.3 Å². The van der Waals surface area contributed by atoms with E-state index in [1.165, 1.54) is 4.88 Å². The van der Waals surface area contributed by atoms with Gasteiger partial charge in [0.1, 0.15) is 10.8 Å². The summed E-state index contributed by atoms with van der Waals surface area (Å²) in [5, 5.41) is 3.72. The van der Waals surface area contributed by atoms with Gasteiger partial charge in [-0.25, -0.2) is 0 Å². The van der Waals surface area contributed by atoms with Crippen LogP contribution < -0.4 is 10.1 Å². The second-order valence-corrected chi connectivity index (χ2v) is 8.83. The number of para-hydroxylation sites is 1. The van der Waals surface area contributed by atoms with E-state index < -0.39 is 6.10 Å². The Balaban J connectivity index is 1.40. The highest BCUT2D eigenvalue weighted by Gasteiger charge is 2.33. The van der Waals surface area contributed by atoms with Crippen molar-refractivity contribution in [1.29, 1.82) is 0 Å². The van der Waals surface area contributed by atoms with E-state index in [1.807, 2.05) is 29.2 Å². The second kappa shape index (κ2) is 7.80. The fraction of sp³-hybridized carbons (Fsp3) is 0.455. The predicted octanol–water partition coefficient (Wildman–Crippen LogP) is 3.04. The van der Waals surface area contributed by atoms with Crippen LogP contribution in [0.1, 0.15) is 39.2 Å². The average molecular weight is 413 g/mol. The van der Waals surface area contributed by atoms with Crippen molar-refractivity contribution >= 4 is 28.2 Å². The van der Waals surface area contributed by atoms with Gasteiger partial charge in [-0.05, 0) is 42.9 Å². The Morgan fingerprint density at radius 1 is 1.10 bits per heavy atom. The van der Waals surface area contributed by atoms with Crippen molar-refractivity contribution in [2.24, 2.45) is 0 Å². The molecular weight excluding hydrogens is 388 g/mol. The summed E-state index contributed by atoms with van der Waals surface area (Å²) in [6, 6.07) is 7.74. The summed E-state index contributed by atoms with van der Waals surface area (Å²) in [7, 11) is 0. The number of benzene rings is 1. The topological polar surface area (TPSA) is 67.9 Å². The summed E-state index contributed by atoms with van der Waals surface area (Å²) >= 11 is 1.56. The van der Waals surface area contributed by atoms with Crippen LogP contribution in [0.15, 0.2) is 24.3 Å². The molecule has 0 radical (unpaired) electrons. The highest BCUT2D eigenvalue weighted by atomic mass is 32.1. The molecule has 6 nitrogen and oxygen atoms in total. The number of hydrogen-bond acceptors (Lipinski definition) is 5. The van der Waals surface area contributed by atoms with Crippen LogP contribution in [-0.2, 0) is 28.8 Å². The first kappa shape index (κ1) is 18.6. The maximum absolute atomic E-state index is 13.3. The number of aryl methyl sites for hydroxylation is 1. The van der Waals surface area contributed by atoms with Crippen molar-refractivity contribution in [3.05, 3.63) is 45.8 Å². The van der Waals surface area contributed by atoms with Gasteiger partial charge in [0.2, 0.25) is 0 Å². The van der Waals surface area contributed by atoms with Crippen LogP contribution in [0.25, 0.3) is 0 Å². The number of anilines is 1. The molecule has 1 aromatic heterocycles. The predicted molar refractivity (Wildman–Crippen MR) is 111 cm³/mol. The minimum absolute atomic E-state index is 0.0126. The fourth-order valence-corrected chi connectivity index (χ4v) is 5.61. The average Bonchev–Trinajstić information content (AvgIpc) is 3.35. The monoisotopic (exact) mass is 412 g/mol. The molecule has 7 heteroatoms. The molecule has 2 aliphatic heterocycles. The van der Waals surface area contributed by atoms with Crippen molar-refractivity contribution in [2.45, 2.75) is 38.2 Å². The molecule has 29 heavy (non-hydrogen) atoms. The summed E-state index contributed by atoms with van der Waals surface area (Å²) in [6.07, 6.45) is 4.09. The quantitative estimate of drug-likeness (QED) is 0.842. The number of nitrogens with one attached hydrogen (secondary N) is 1. The summed E-state index contributed by atoms with van der Waals surface area (Å²) < 4.78 is 11.2. The Kier molecular flexibility index (Phi) is 5.01. The third kappa shape index (κ3) is 3.53. The summed E-state index contributed by atoms with van der Waals surface area (Å²) in [6.45, 7) is 2.32.